The van der Waals surface area contributed by atoms with E-state index in [0.29, 0.717) is 23.1 Å². The SMILES string of the molecule is C[C@H](SC1NNCN1C)C1CCCC(NC(=O)C2CC(C(=O)N3CCCCC3)CCN2)C1. The van der Waals surface area contributed by atoms with Gasteiger partial charge >= 0.3 is 0 Å². The van der Waals surface area contributed by atoms with E-state index in [1.54, 1.807) is 0 Å². The van der Waals surface area contributed by atoms with Gasteiger partial charge in [0.25, 0.3) is 0 Å². The van der Waals surface area contributed by atoms with Crippen LogP contribution in [0.3, 0.4) is 0 Å². The highest BCUT2D eigenvalue weighted by molar-refractivity contribution is 8.00. The molecule has 8 nitrogen and oxygen atoms in total. The second-order valence-electron chi connectivity index (χ2n) is 10.2. The van der Waals surface area contributed by atoms with Crippen LogP contribution in [-0.4, -0.2) is 77.8 Å². The van der Waals surface area contributed by atoms with Crippen molar-refractivity contribution in [3.05, 3.63) is 0 Å². The molecule has 0 radical (unpaired) electrons. The minimum absolute atomic E-state index is 0.00913. The van der Waals surface area contributed by atoms with Gasteiger partial charge in [-0.2, -0.15) is 0 Å². The molecule has 6 atom stereocenters. The largest absolute Gasteiger partial charge is 0.352 e. The fraction of sp³-hybridized carbons (Fsp3) is 0.913. The van der Waals surface area contributed by atoms with E-state index in [1.807, 2.05) is 16.7 Å². The van der Waals surface area contributed by atoms with E-state index >= 15 is 0 Å². The zero-order valence-electron chi connectivity index (χ0n) is 19.8. The maximum Gasteiger partial charge on any atom is 0.237 e. The van der Waals surface area contributed by atoms with Crippen molar-refractivity contribution in [2.24, 2.45) is 11.8 Å². The molecule has 32 heavy (non-hydrogen) atoms. The van der Waals surface area contributed by atoms with Crippen LogP contribution in [0, 0.1) is 11.8 Å². The van der Waals surface area contributed by atoms with Crippen LogP contribution in [0.1, 0.15) is 64.7 Å². The van der Waals surface area contributed by atoms with Crippen molar-refractivity contribution < 1.29 is 9.59 Å². The number of amides is 2. The highest BCUT2D eigenvalue weighted by Crippen LogP contribution is 2.35. The summed E-state index contributed by atoms with van der Waals surface area (Å²) in [5.41, 5.74) is 6.83. The Hall–Kier alpha value is -0.870. The first kappa shape index (κ1) is 24.3. The lowest BCUT2D eigenvalue weighted by atomic mass is 9.83. The van der Waals surface area contributed by atoms with Crippen LogP contribution >= 0.6 is 11.8 Å². The maximum atomic E-state index is 13.1. The van der Waals surface area contributed by atoms with E-state index in [4.69, 9.17) is 0 Å². The Labute approximate surface area is 197 Å². The van der Waals surface area contributed by atoms with Crippen molar-refractivity contribution in [3.63, 3.8) is 0 Å². The quantitative estimate of drug-likeness (QED) is 0.471. The summed E-state index contributed by atoms with van der Waals surface area (Å²) < 4.78 is 0. The summed E-state index contributed by atoms with van der Waals surface area (Å²) in [6.45, 7) is 5.72. The number of hydrogen-bond donors (Lipinski definition) is 4. The Kier molecular flexibility index (Phi) is 8.73. The summed E-state index contributed by atoms with van der Waals surface area (Å²) in [6.07, 6.45) is 9.45. The predicted molar refractivity (Wildman–Crippen MR) is 129 cm³/mol. The smallest absolute Gasteiger partial charge is 0.237 e. The van der Waals surface area contributed by atoms with Crippen LogP contribution in [0.4, 0.5) is 0 Å². The van der Waals surface area contributed by atoms with Crippen LogP contribution in [-0.2, 0) is 9.59 Å². The molecule has 0 bridgehead atoms. The summed E-state index contributed by atoms with van der Waals surface area (Å²) in [7, 11) is 2.13. The molecule has 4 N–H and O–H groups in total. The lowest BCUT2D eigenvalue weighted by Crippen LogP contribution is -2.54. The summed E-state index contributed by atoms with van der Waals surface area (Å²) in [4.78, 5) is 30.3. The summed E-state index contributed by atoms with van der Waals surface area (Å²) in [5.74, 6) is 0.966. The molecule has 3 heterocycles. The fourth-order valence-corrected chi connectivity index (χ4v) is 7.01. The van der Waals surface area contributed by atoms with E-state index in [0.717, 1.165) is 58.4 Å². The number of carbonyl (C=O) groups excluding carboxylic acids is 2. The predicted octanol–water partition coefficient (Wildman–Crippen LogP) is 1.44. The van der Waals surface area contributed by atoms with Crippen molar-refractivity contribution in [1.82, 2.24) is 31.3 Å². The molecule has 3 aliphatic heterocycles. The molecular weight excluding hydrogens is 424 g/mol. The van der Waals surface area contributed by atoms with Gasteiger partial charge in [-0.15, -0.1) is 11.8 Å². The number of nitrogens with one attached hydrogen (secondary N) is 4. The number of hydrazine groups is 1. The first-order chi connectivity index (χ1) is 15.5. The van der Waals surface area contributed by atoms with Crippen LogP contribution in [0.25, 0.3) is 0 Å². The topological polar surface area (TPSA) is 88.7 Å². The number of hydrogen-bond acceptors (Lipinski definition) is 7. The number of nitrogens with zero attached hydrogens (tertiary/aromatic N) is 2. The molecule has 4 fully saturated rings. The molecule has 182 valence electrons. The molecule has 1 saturated carbocycles. The Morgan fingerprint density at radius 1 is 1.06 bits per heavy atom. The van der Waals surface area contributed by atoms with E-state index in [2.05, 4.69) is 40.4 Å². The van der Waals surface area contributed by atoms with Gasteiger partial charge in [0.2, 0.25) is 11.8 Å². The average Bonchev–Trinajstić information content (AvgIpc) is 3.23. The third-order valence-corrected chi connectivity index (χ3v) is 9.31. The minimum atomic E-state index is -0.239. The number of piperidine rings is 2. The second kappa shape index (κ2) is 11.5. The van der Waals surface area contributed by atoms with Crippen LogP contribution in [0.15, 0.2) is 0 Å². The molecule has 5 unspecified atom stereocenters. The van der Waals surface area contributed by atoms with E-state index in [9.17, 15) is 9.59 Å². The van der Waals surface area contributed by atoms with Crippen molar-refractivity contribution in [3.8, 4) is 0 Å². The molecule has 0 aromatic rings. The van der Waals surface area contributed by atoms with E-state index in [-0.39, 0.29) is 29.8 Å². The fourth-order valence-electron chi connectivity index (χ4n) is 5.70. The van der Waals surface area contributed by atoms with Crippen LogP contribution < -0.4 is 21.5 Å². The molecule has 0 aromatic heterocycles. The average molecular weight is 467 g/mol. The van der Waals surface area contributed by atoms with Gasteiger partial charge in [-0.25, -0.2) is 10.9 Å². The zero-order valence-corrected chi connectivity index (χ0v) is 20.6. The van der Waals surface area contributed by atoms with Crippen molar-refractivity contribution in [1.29, 1.82) is 0 Å². The monoisotopic (exact) mass is 466 g/mol. The normalized spacial score (nSPS) is 35.4. The van der Waals surface area contributed by atoms with Gasteiger partial charge in [-0.05, 0) is 70.9 Å². The summed E-state index contributed by atoms with van der Waals surface area (Å²) in [6, 6.07) is 0.00810. The van der Waals surface area contributed by atoms with Crippen LogP contribution in [0.2, 0.25) is 0 Å². The molecule has 0 aromatic carbocycles. The molecule has 9 heteroatoms. The third-order valence-electron chi connectivity index (χ3n) is 7.76. The van der Waals surface area contributed by atoms with Gasteiger partial charge in [0.05, 0.1) is 12.7 Å². The Morgan fingerprint density at radius 3 is 2.62 bits per heavy atom. The number of rotatable bonds is 6. The second-order valence-corrected chi connectivity index (χ2v) is 11.6. The number of carbonyl (C=O) groups is 2. The minimum Gasteiger partial charge on any atom is -0.352 e. The molecular formula is C23H42N6O2S. The summed E-state index contributed by atoms with van der Waals surface area (Å²) in [5, 5.41) is 7.25. The molecule has 4 aliphatic rings. The molecule has 2 amide bonds. The van der Waals surface area contributed by atoms with Crippen molar-refractivity contribution >= 4 is 23.6 Å². The van der Waals surface area contributed by atoms with E-state index in [1.165, 1.54) is 19.3 Å². The Bertz CT molecular complexity index is 646. The van der Waals surface area contributed by atoms with Gasteiger partial charge in [0, 0.05) is 30.3 Å². The lowest BCUT2D eigenvalue weighted by molar-refractivity contribution is -0.138. The number of likely N-dealkylation sites (tertiary alicyclic amines) is 1. The third kappa shape index (κ3) is 6.17. The molecule has 1 aliphatic carbocycles. The highest BCUT2D eigenvalue weighted by Gasteiger charge is 2.36. The van der Waals surface area contributed by atoms with Gasteiger partial charge < -0.3 is 15.5 Å². The Morgan fingerprint density at radius 2 is 1.88 bits per heavy atom. The van der Waals surface area contributed by atoms with Gasteiger partial charge in [-0.1, -0.05) is 13.3 Å². The first-order valence-electron chi connectivity index (χ1n) is 12.7. The molecule has 3 saturated heterocycles. The van der Waals surface area contributed by atoms with Gasteiger partial charge in [-0.3, -0.25) is 14.5 Å². The number of thioether (sulfide) groups is 1. The summed E-state index contributed by atoms with van der Waals surface area (Å²) >= 11 is 1.97. The molecule has 0 spiro atoms. The molecule has 4 rings (SSSR count). The van der Waals surface area contributed by atoms with Crippen molar-refractivity contribution in [2.45, 2.75) is 87.5 Å². The van der Waals surface area contributed by atoms with Gasteiger partial charge in [0.15, 0.2) is 0 Å². The van der Waals surface area contributed by atoms with Crippen molar-refractivity contribution in [2.75, 3.05) is 33.4 Å². The van der Waals surface area contributed by atoms with Crippen LogP contribution in [0.5, 0.6) is 0 Å². The van der Waals surface area contributed by atoms with Gasteiger partial charge in [0.1, 0.15) is 5.50 Å². The standard InChI is InChI=1S/C23H42N6O2S/c1-16(32-23-27-25-15-28(23)2)17-7-6-8-19(13-17)26-21(30)20-14-18(9-10-24-20)22(31)29-11-4-3-5-12-29/h16-20,23-25,27H,3-15H2,1-2H3,(H,26,30)/t16-,17?,18?,19?,20?,23?/m0/s1. The lowest BCUT2D eigenvalue weighted by Gasteiger charge is -2.37. The Balaban J connectivity index is 1.25. The van der Waals surface area contributed by atoms with E-state index < -0.39 is 0 Å². The maximum absolute atomic E-state index is 13.1. The zero-order chi connectivity index (χ0) is 22.5. The first-order valence-corrected chi connectivity index (χ1v) is 13.6. The highest BCUT2D eigenvalue weighted by atomic mass is 32.2.